The molecular formula is C10H21N3O. The van der Waals surface area contributed by atoms with Crippen molar-refractivity contribution in [3.8, 4) is 0 Å². The van der Waals surface area contributed by atoms with Gasteiger partial charge in [0, 0.05) is 19.6 Å². The summed E-state index contributed by atoms with van der Waals surface area (Å²) in [5.41, 5.74) is 0. The van der Waals surface area contributed by atoms with Crippen molar-refractivity contribution in [1.82, 2.24) is 15.1 Å². The zero-order valence-electron chi connectivity index (χ0n) is 9.25. The van der Waals surface area contributed by atoms with Gasteiger partial charge in [0.1, 0.15) is 0 Å². The fourth-order valence-electron chi connectivity index (χ4n) is 1.62. The molecule has 1 rings (SSSR count). The minimum Gasteiger partial charge on any atom is -0.338 e. The number of likely N-dealkylation sites (tertiary alicyclic amines) is 1. The molecule has 1 saturated heterocycles. The van der Waals surface area contributed by atoms with Gasteiger partial charge in [-0.2, -0.15) is 0 Å². The van der Waals surface area contributed by atoms with E-state index < -0.39 is 0 Å². The number of amides is 2. The lowest BCUT2D eigenvalue weighted by Crippen LogP contribution is -2.38. The molecule has 0 spiro atoms. The van der Waals surface area contributed by atoms with Gasteiger partial charge < -0.3 is 15.1 Å². The summed E-state index contributed by atoms with van der Waals surface area (Å²) in [5, 5.41) is 2.94. The first-order chi connectivity index (χ1) is 6.70. The van der Waals surface area contributed by atoms with Crippen molar-refractivity contribution in [2.45, 2.75) is 19.3 Å². The summed E-state index contributed by atoms with van der Waals surface area (Å²) in [7, 11) is 4.09. The Morgan fingerprint density at radius 1 is 1.36 bits per heavy atom. The number of urea groups is 1. The van der Waals surface area contributed by atoms with Crippen LogP contribution in [0.25, 0.3) is 0 Å². The molecule has 0 saturated carbocycles. The van der Waals surface area contributed by atoms with Gasteiger partial charge in [0.05, 0.1) is 0 Å². The Morgan fingerprint density at radius 2 is 2.00 bits per heavy atom. The fourth-order valence-corrected chi connectivity index (χ4v) is 1.62. The number of carbonyl (C=O) groups excluding carboxylic acids is 1. The standard InChI is InChI=1S/C10H21N3O/c1-12(2)7-5-6-11-10(14)13-8-3-4-9-13/h3-9H2,1-2H3,(H,11,14). The van der Waals surface area contributed by atoms with Crippen LogP contribution >= 0.6 is 0 Å². The highest BCUT2D eigenvalue weighted by molar-refractivity contribution is 5.74. The molecule has 1 aliphatic rings. The van der Waals surface area contributed by atoms with Crippen molar-refractivity contribution < 1.29 is 4.79 Å². The third-order valence-corrected chi connectivity index (χ3v) is 2.45. The van der Waals surface area contributed by atoms with Crippen molar-refractivity contribution in [2.75, 3.05) is 40.3 Å². The molecule has 14 heavy (non-hydrogen) atoms. The van der Waals surface area contributed by atoms with Gasteiger partial charge in [-0.15, -0.1) is 0 Å². The van der Waals surface area contributed by atoms with E-state index in [-0.39, 0.29) is 6.03 Å². The molecule has 0 radical (unpaired) electrons. The average Bonchev–Trinajstić information content (AvgIpc) is 2.64. The van der Waals surface area contributed by atoms with E-state index in [2.05, 4.69) is 10.2 Å². The van der Waals surface area contributed by atoms with Gasteiger partial charge in [-0.3, -0.25) is 0 Å². The third-order valence-electron chi connectivity index (χ3n) is 2.45. The second-order valence-electron chi connectivity index (χ2n) is 4.08. The molecule has 4 nitrogen and oxygen atoms in total. The summed E-state index contributed by atoms with van der Waals surface area (Å²) in [4.78, 5) is 15.5. The van der Waals surface area contributed by atoms with E-state index in [0.29, 0.717) is 0 Å². The van der Waals surface area contributed by atoms with Crippen molar-refractivity contribution in [3.05, 3.63) is 0 Å². The zero-order chi connectivity index (χ0) is 10.4. The Kier molecular flexibility index (Phi) is 4.73. The van der Waals surface area contributed by atoms with E-state index in [1.165, 1.54) is 0 Å². The quantitative estimate of drug-likeness (QED) is 0.678. The lowest BCUT2D eigenvalue weighted by Gasteiger charge is -2.16. The van der Waals surface area contributed by atoms with Gasteiger partial charge in [0.15, 0.2) is 0 Å². The highest BCUT2D eigenvalue weighted by Crippen LogP contribution is 2.06. The summed E-state index contributed by atoms with van der Waals surface area (Å²) in [5.74, 6) is 0. The van der Waals surface area contributed by atoms with Crippen molar-refractivity contribution in [2.24, 2.45) is 0 Å². The molecule has 0 aliphatic carbocycles. The smallest absolute Gasteiger partial charge is 0.317 e. The van der Waals surface area contributed by atoms with Crippen molar-refractivity contribution >= 4 is 6.03 Å². The average molecular weight is 199 g/mol. The highest BCUT2D eigenvalue weighted by atomic mass is 16.2. The Morgan fingerprint density at radius 3 is 2.57 bits per heavy atom. The van der Waals surface area contributed by atoms with Gasteiger partial charge in [-0.1, -0.05) is 0 Å². The van der Waals surface area contributed by atoms with Crippen molar-refractivity contribution in [1.29, 1.82) is 0 Å². The number of nitrogens with zero attached hydrogens (tertiary/aromatic N) is 2. The second-order valence-corrected chi connectivity index (χ2v) is 4.08. The summed E-state index contributed by atoms with van der Waals surface area (Å²) in [6.07, 6.45) is 3.34. The van der Waals surface area contributed by atoms with Gasteiger partial charge in [-0.25, -0.2) is 4.79 Å². The number of carbonyl (C=O) groups is 1. The second kappa shape index (κ2) is 5.86. The first-order valence-electron chi connectivity index (χ1n) is 5.37. The molecule has 1 heterocycles. The SMILES string of the molecule is CN(C)CCCNC(=O)N1CCCC1. The van der Waals surface area contributed by atoms with Gasteiger partial charge in [0.25, 0.3) is 0 Å². The Balaban J connectivity index is 2.03. The monoisotopic (exact) mass is 199 g/mol. The van der Waals surface area contributed by atoms with Crippen LogP contribution in [0, 0.1) is 0 Å². The molecule has 0 unspecified atom stereocenters. The minimum absolute atomic E-state index is 0.112. The van der Waals surface area contributed by atoms with Crippen LogP contribution in [0.15, 0.2) is 0 Å². The molecule has 0 bridgehead atoms. The molecule has 0 aromatic carbocycles. The largest absolute Gasteiger partial charge is 0.338 e. The molecule has 4 heteroatoms. The molecular weight excluding hydrogens is 178 g/mol. The van der Waals surface area contributed by atoms with E-state index in [1.807, 2.05) is 19.0 Å². The maximum absolute atomic E-state index is 11.5. The van der Waals surface area contributed by atoms with Gasteiger partial charge >= 0.3 is 6.03 Å². The minimum atomic E-state index is 0.112. The third kappa shape index (κ3) is 3.96. The normalized spacial score (nSPS) is 16.4. The van der Waals surface area contributed by atoms with Crippen LogP contribution in [0.4, 0.5) is 4.79 Å². The molecule has 82 valence electrons. The number of rotatable bonds is 4. The van der Waals surface area contributed by atoms with Crippen LogP contribution < -0.4 is 5.32 Å². The predicted molar refractivity (Wildman–Crippen MR) is 57.4 cm³/mol. The maximum Gasteiger partial charge on any atom is 0.317 e. The molecule has 0 aromatic rings. The predicted octanol–water partition coefficient (Wildman–Crippen LogP) is 0.744. The molecule has 0 atom stereocenters. The van der Waals surface area contributed by atoms with E-state index in [0.717, 1.165) is 45.4 Å². The topological polar surface area (TPSA) is 35.6 Å². The summed E-state index contributed by atoms with van der Waals surface area (Å²) >= 11 is 0. The number of hydrogen-bond donors (Lipinski definition) is 1. The van der Waals surface area contributed by atoms with Crippen molar-refractivity contribution in [3.63, 3.8) is 0 Å². The maximum atomic E-state index is 11.5. The Bertz CT molecular complexity index is 176. The van der Waals surface area contributed by atoms with Crippen LogP contribution in [-0.4, -0.2) is 56.1 Å². The van der Waals surface area contributed by atoms with Crippen LogP contribution in [0.2, 0.25) is 0 Å². The van der Waals surface area contributed by atoms with Crippen LogP contribution in [-0.2, 0) is 0 Å². The highest BCUT2D eigenvalue weighted by Gasteiger charge is 2.16. The summed E-state index contributed by atoms with van der Waals surface area (Å²) < 4.78 is 0. The van der Waals surface area contributed by atoms with E-state index >= 15 is 0 Å². The van der Waals surface area contributed by atoms with E-state index in [9.17, 15) is 4.79 Å². The fraction of sp³-hybridized carbons (Fsp3) is 0.900. The summed E-state index contributed by atoms with van der Waals surface area (Å²) in [6.45, 7) is 3.67. The molecule has 1 fully saturated rings. The zero-order valence-corrected chi connectivity index (χ0v) is 9.25. The first kappa shape index (κ1) is 11.3. The molecule has 2 amide bonds. The molecule has 1 aliphatic heterocycles. The lowest BCUT2D eigenvalue weighted by molar-refractivity contribution is 0.208. The summed E-state index contributed by atoms with van der Waals surface area (Å²) in [6, 6.07) is 0.112. The van der Waals surface area contributed by atoms with Crippen LogP contribution in [0.1, 0.15) is 19.3 Å². The number of hydrogen-bond acceptors (Lipinski definition) is 2. The van der Waals surface area contributed by atoms with E-state index in [4.69, 9.17) is 0 Å². The lowest BCUT2D eigenvalue weighted by atomic mass is 10.4. The Hall–Kier alpha value is -0.770. The van der Waals surface area contributed by atoms with Gasteiger partial charge in [0.2, 0.25) is 0 Å². The number of nitrogens with one attached hydrogen (secondary N) is 1. The first-order valence-corrected chi connectivity index (χ1v) is 5.37. The van der Waals surface area contributed by atoms with Crippen LogP contribution in [0.3, 0.4) is 0 Å². The van der Waals surface area contributed by atoms with Gasteiger partial charge in [-0.05, 0) is 39.9 Å². The van der Waals surface area contributed by atoms with E-state index in [1.54, 1.807) is 0 Å². The molecule has 0 aromatic heterocycles. The Labute approximate surface area is 86.2 Å². The van der Waals surface area contributed by atoms with Crippen LogP contribution in [0.5, 0.6) is 0 Å². The molecule has 1 N–H and O–H groups in total.